The van der Waals surface area contributed by atoms with Crippen LogP contribution in [-0.2, 0) is 9.59 Å². The lowest BCUT2D eigenvalue weighted by Gasteiger charge is -2.18. The number of nitrogens with zero attached hydrogens (tertiary/aromatic N) is 1. The van der Waals surface area contributed by atoms with Crippen molar-refractivity contribution in [1.82, 2.24) is 10.2 Å². The number of aliphatic carboxylic acids is 1. The molecule has 2 aromatic rings. The quantitative estimate of drug-likeness (QED) is 0.412. The number of methoxy groups -OCH3 is 1. The minimum absolute atomic E-state index is 0.224. The van der Waals surface area contributed by atoms with Crippen molar-refractivity contribution in [2.24, 2.45) is 0 Å². The second kappa shape index (κ2) is 10.6. The van der Waals surface area contributed by atoms with Crippen molar-refractivity contribution in [2.45, 2.75) is 38.1 Å². The summed E-state index contributed by atoms with van der Waals surface area (Å²) in [6, 6.07) is 13.0. The molecule has 0 fully saturated rings. The van der Waals surface area contributed by atoms with Gasteiger partial charge in [0.25, 0.3) is 11.8 Å². The van der Waals surface area contributed by atoms with Gasteiger partial charge in [-0.3, -0.25) is 24.1 Å². The molecule has 0 bridgehead atoms. The summed E-state index contributed by atoms with van der Waals surface area (Å²) in [5.41, 5.74) is 1.55. The standard InChI is InChI=1S/C24H26N2O6/c1-32-17-12-10-16(11-13-17)20(15-22(28)29)25-21(27)9-3-2-6-14-26-23(30)18-7-4-5-8-19(18)24(26)31/h4-5,7-8,10-13,20H,2-3,6,9,14-15H2,1H3,(H,25,27)(H,28,29)/t20-/m0/s1. The number of hydrogen-bond acceptors (Lipinski definition) is 5. The van der Waals surface area contributed by atoms with E-state index < -0.39 is 12.0 Å². The Bertz CT molecular complexity index is 967. The molecule has 1 atom stereocenters. The lowest BCUT2D eigenvalue weighted by atomic mass is 10.0. The van der Waals surface area contributed by atoms with E-state index in [1.165, 1.54) is 4.90 Å². The van der Waals surface area contributed by atoms with Crippen LogP contribution in [0.3, 0.4) is 0 Å². The molecular formula is C24H26N2O6. The molecule has 0 spiro atoms. The van der Waals surface area contributed by atoms with Crippen LogP contribution in [0.25, 0.3) is 0 Å². The molecule has 1 aliphatic rings. The van der Waals surface area contributed by atoms with Crippen LogP contribution in [0.4, 0.5) is 0 Å². The maximum Gasteiger partial charge on any atom is 0.305 e. The zero-order valence-corrected chi connectivity index (χ0v) is 17.9. The predicted octanol–water partition coefficient (Wildman–Crippen LogP) is 3.18. The third kappa shape index (κ3) is 5.51. The molecule has 0 aliphatic carbocycles. The number of carbonyl (C=O) groups excluding carboxylic acids is 3. The molecule has 0 unspecified atom stereocenters. The highest BCUT2D eigenvalue weighted by atomic mass is 16.5. The minimum atomic E-state index is -1.01. The normalized spacial score (nSPS) is 13.6. The molecule has 0 aromatic heterocycles. The van der Waals surface area contributed by atoms with Gasteiger partial charge < -0.3 is 15.2 Å². The Labute approximate surface area is 186 Å². The van der Waals surface area contributed by atoms with E-state index in [1.54, 1.807) is 55.6 Å². The van der Waals surface area contributed by atoms with Gasteiger partial charge in [0.1, 0.15) is 5.75 Å². The number of amides is 3. The van der Waals surface area contributed by atoms with Gasteiger partial charge in [0.15, 0.2) is 0 Å². The molecule has 0 radical (unpaired) electrons. The second-order valence-corrected chi connectivity index (χ2v) is 7.61. The van der Waals surface area contributed by atoms with E-state index >= 15 is 0 Å². The number of benzene rings is 2. The third-order valence-corrected chi connectivity index (χ3v) is 5.40. The molecule has 1 heterocycles. The van der Waals surface area contributed by atoms with Gasteiger partial charge in [0.05, 0.1) is 30.7 Å². The molecule has 3 amide bonds. The summed E-state index contributed by atoms with van der Waals surface area (Å²) < 4.78 is 5.11. The molecule has 1 aliphatic heterocycles. The first-order valence-electron chi connectivity index (χ1n) is 10.5. The third-order valence-electron chi connectivity index (χ3n) is 5.40. The Morgan fingerprint density at radius 2 is 1.59 bits per heavy atom. The van der Waals surface area contributed by atoms with E-state index in [0.29, 0.717) is 48.2 Å². The molecule has 0 saturated carbocycles. The highest BCUT2D eigenvalue weighted by Crippen LogP contribution is 2.23. The van der Waals surface area contributed by atoms with Crippen molar-refractivity contribution >= 4 is 23.7 Å². The summed E-state index contributed by atoms with van der Waals surface area (Å²) in [7, 11) is 1.54. The van der Waals surface area contributed by atoms with Crippen LogP contribution in [-0.4, -0.2) is 47.4 Å². The first kappa shape index (κ1) is 23.0. The van der Waals surface area contributed by atoms with Crippen molar-refractivity contribution in [3.8, 4) is 5.75 Å². The fourth-order valence-electron chi connectivity index (χ4n) is 3.70. The molecule has 8 heteroatoms. The number of hydrogen-bond donors (Lipinski definition) is 2. The van der Waals surface area contributed by atoms with E-state index in [-0.39, 0.29) is 30.6 Å². The number of carboxylic acid groups (broad SMARTS) is 1. The van der Waals surface area contributed by atoms with Crippen molar-refractivity contribution in [2.75, 3.05) is 13.7 Å². The molecule has 0 saturated heterocycles. The monoisotopic (exact) mass is 438 g/mol. The number of imide groups is 1. The SMILES string of the molecule is COc1ccc([C@H](CC(=O)O)NC(=O)CCCCCN2C(=O)c3ccccc3C2=O)cc1. The van der Waals surface area contributed by atoms with Gasteiger partial charge in [0, 0.05) is 13.0 Å². The molecule has 168 valence electrons. The maximum atomic E-state index is 12.4. The summed E-state index contributed by atoms with van der Waals surface area (Å²) in [5, 5.41) is 12.0. The molecular weight excluding hydrogens is 412 g/mol. The number of carbonyl (C=O) groups is 4. The van der Waals surface area contributed by atoms with Gasteiger partial charge in [0.2, 0.25) is 5.91 Å². The van der Waals surface area contributed by atoms with Gasteiger partial charge in [-0.05, 0) is 42.7 Å². The fourth-order valence-corrected chi connectivity index (χ4v) is 3.70. The van der Waals surface area contributed by atoms with Crippen LogP contribution in [0.1, 0.15) is 64.4 Å². The Morgan fingerprint density at radius 3 is 2.16 bits per heavy atom. The summed E-state index contributed by atoms with van der Waals surface area (Å²) in [4.78, 5) is 49.5. The van der Waals surface area contributed by atoms with Crippen LogP contribution in [0.15, 0.2) is 48.5 Å². The van der Waals surface area contributed by atoms with Gasteiger partial charge in [-0.15, -0.1) is 0 Å². The number of carboxylic acids is 1. The summed E-state index contributed by atoms with van der Waals surface area (Å²) >= 11 is 0. The highest BCUT2D eigenvalue weighted by Gasteiger charge is 2.34. The van der Waals surface area contributed by atoms with E-state index in [2.05, 4.69) is 5.32 Å². The van der Waals surface area contributed by atoms with Crippen molar-refractivity contribution in [3.05, 3.63) is 65.2 Å². The number of fused-ring (bicyclic) bond motifs is 1. The smallest absolute Gasteiger partial charge is 0.305 e. The van der Waals surface area contributed by atoms with Crippen LogP contribution in [0.5, 0.6) is 5.75 Å². The number of unbranched alkanes of at least 4 members (excludes halogenated alkanes) is 2. The Morgan fingerprint density at radius 1 is 0.969 bits per heavy atom. The molecule has 8 nitrogen and oxygen atoms in total. The minimum Gasteiger partial charge on any atom is -0.497 e. The number of rotatable bonds is 11. The van der Waals surface area contributed by atoms with E-state index in [9.17, 15) is 24.3 Å². The van der Waals surface area contributed by atoms with Gasteiger partial charge in [-0.2, -0.15) is 0 Å². The van der Waals surface area contributed by atoms with E-state index in [0.717, 1.165) is 0 Å². The lowest BCUT2D eigenvalue weighted by molar-refractivity contribution is -0.137. The van der Waals surface area contributed by atoms with Crippen molar-refractivity contribution in [1.29, 1.82) is 0 Å². The zero-order chi connectivity index (χ0) is 23.1. The highest BCUT2D eigenvalue weighted by molar-refractivity contribution is 6.21. The number of ether oxygens (including phenoxy) is 1. The predicted molar refractivity (Wildman–Crippen MR) is 116 cm³/mol. The largest absolute Gasteiger partial charge is 0.497 e. The van der Waals surface area contributed by atoms with Gasteiger partial charge in [-0.25, -0.2) is 0 Å². The second-order valence-electron chi connectivity index (χ2n) is 7.61. The molecule has 2 N–H and O–H groups in total. The Hall–Kier alpha value is -3.68. The summed E-state index contributed by atoms with van der Waals surface area (Å²) in [6.07, 6.45) is 1.83. The van der Waals surface area contributed by atoms with Crippen molar-refractivity contribution in [3.63, 3.8) is 0 Å². The van der Waals surface area contributed by atoms with Crippen molar-refractivity contribution < 1.29 is 29.0 Å². The first-order valence-corrected chi connectivity index (χ1v) is 10.5. The van der Waals surface area contributed by atoms with Crippen LogP contribution in [0, 0.1) is 0 Å². The van der Waals surface area contributed by atoms with Crippen LogP contribution >= 0.6 is 0 Å². The van der Waals surface area contributed by atoms with E-state index in [1.807, 2.05) is 0 Å². The fraction of sp³-hybridized carbons (Fsp3) is 0.333. The topological polar surface area (TPSA) is 113 Å². The Balaban J connectivity index is 1.44. The van der Waals surface area contributed by atoms with Crippen LogP contribution < -0.4 is 10.1 Å². The first-order chi connectivity index (χ1) is 15.4. The Kier molecular flexibility index (Phi) is 7.59. The average molecular weight is 438 g/mol. The molecule has 3 rings (SSSR count). The van der Waals surface area contributed by atoms with Crippen LogP contribution in [0.2, 0.25) is 0 Å². The molecule has 2 aromatic carbocycles. The lowest BCUT2D eigenvalue weighted by Crippen LogP contribution is -2.31. The zero-order valence-electron chi connectivity index (χ0n) is 17.9. The summed E-state index contributed by atoms with van der Waals surface area (Å²) in [5.74, 6) is -1.16. The van der Waals surface area contributed by atoms with Gasteiger partial charge >= 0.3 is 5.97 Å². The molecule has 32 heavy (non-hydrogen) atoms. The van der Waals surface area contributed by atoms with E-state index in [4.69, 9.17) is 4.74 Å². The average Bonchev–Trinajstić information content (AvgIpc) is 3.03. The van der Waals surface area contributed by atoms with Gasteiger partial charge in [-0.1, -0.05) is 30.7 Å². The number of nitrogens with one attached hydrogen (secondary N) is 1. The summed E-state index contributed by atoms with van der Waals surface area (Å²) in [6.45, 7) is 0.307. The maximum absolute atomic E-state index is 12.4.